The fourth-order valence-corrected chi connectivity index (χ4v) is 2.58. The van der Waals surface area contributed by atoms with Crippen molar-refractivity contribution in [3.05, 3.63) is 35.4 Å². The van der Waals surface area contributed by atoms with Crippen LogP contribution in [-0.2, 0) is 16.1 Å². The molecule has 2 rings (SSSR count). The normalized spacial score (nSPS) is 16.9. The molecule has 108 valence electrons. The van der Waals surface area contributed by atoms with Gasteiger partial charge < -0.3 is 0 Å². The third kappa shape index (κ3) is 4.17. The van der Waals surface area contributed by atoms with E-state index in [4.69, 9.17) is 0 Å². The van der Waals surface area contributed by atoms with Crippen LogP contribution in [0.5, 0.6) is 0 Å². The van der Waals surface area contributed by atoms with Crippen LogP contribution in [0, 0.1) is 12.8 Å². The lowest BCUT2D eigenvalue weighted by atomic mass is 9.95. The summed E-state index contributed by atoms with van der Waals surface area (Å²) in [6.45, 7) is 6.21. The molecular formula is C16H22N2O2. The summed E-state index contributed by atoms with van der Waals surface area (Å²) in [6.07, 6.45) is 1.65. The molecule has 20 heavy (non-hydrogen) atoms. The van der Waals surface area contributed by atoms with Crippen LogP contribution in [0.1, 0.15) is 30.9 Å². The summed E-state index contributed by atoms with van der Waals surface area (Å²) in [5, 5.41) is 2.39. The molecule has 1 saturated heterocycles. The second-order valence-electron chi connectivity index (χ2n) is 5.58. The van der Waals surface area contributed by atoms with Crippen molar-refractivity contribution >= 4 is 11.8 Å². The number of amides is 2. The van der Waals surface area contributed by atoms with Crippen molar-refractivity contribution in [2.45, 2.75) is 33.2 Å². The predicted octanol–water partition coefficient (Wildman–Crippen LogP) is 1.87. The Morgan fingerprint density at radius 2 is 1.80 bits per heavy atom. The molecule has 0 unspecified atom stereocenters. The van der Waals surface area contributed by atoms with Gasteiger partial charge in [0.15, 0.2) is 0 Å². The Morgan fingerprint density at radius 1 is 1.20 bits per heavy atom. The molecule has 4 nitrogen and oxygen atoms in total. The number of carbonyl (C=O) groups is 2. The number of aryl methyl sites for hydroxylation is 1. The van der Waals surface area contributed by atoms with E-state index in [1.807, 2.05) is 0 Å². The molecule has 1 N–H and O–H groups in total. The highest BCUT2D eigenvalue weighted by Gasteiger charge is 2.25. The smallest absolute Gasteiger partial charge is 0.229 e. The Labute approximate surface area is 120 Å². The molecule has 4 heteroatoms. The van der Waals surface area contributed by atoms with Crippen molar-refractivity contribution in [3.8, 4) is 0 Å². The first-order chi connectivity index (χ1) is 9.54. The zero-order valence-electron chi connectivity index (χ0n) is 12.2. The first kappa shape index (κ1) is 14.7. The second-order valence-corrected chi connectivity index (χ2v) is 5.58. The van der Waals surface area contributed by atoms with E-state index in [0.717, 1.165) is 32.5 Å². The first-order valence-electron chi connectivity index (χ1n) is 7.14. The number of likely N-dealkylation sites (tertiary alicyclic amines) is 1. The molecule has 1 aromatic rings. The molecular weight excluding hydrogens is 252 g/mol. The average molecular weight is 274 g/mol. The fraction of sp³-hybridized carbons (Fsp3) is 0.500. The van der Waals surface area contributed by atoms with Gasteiger partial charge in [0.05, 0.1) is 0 Å². The van der Waals surface area contributed by atoms with E-state index in [2.05, 4.69) is 41.4 Å². The fourth-order valence-electron chi connectivity index (χ4n) is 2.58. The summed E-state index contributed by atoms with van der Waals surface area (Å²) in [4.78, 5) is 25.0. The summed E-state index contributed by atoms with van der Waals surface area (Å²) < 4.78 is 0. The lowest BCUT2D eigenvalue weighted by molar-refractivity contribution is -0.132. The SMILES string of the molecule is CC(=O)NC(=O)C1CCN(Cc2ccc(C)cc2)CC1. The van der Waals surface area contributed by atoms with Gasteiger partial charge in [-0.25, -0.2) is 0 Å². The maximum Gasteiger partial charge on any atom is 0.229 e. The van der Waals surface area contributed by atoms with Crippen LogP contribution in [0.4, 0.5) is 0 Å². The number of nitrogens with zero attached hydrogens (tertiary/aromatic N) is 1. The largest absolute Gasteiger partial charge is 0.299 e. The number of imide groups is 1. The maximum atomic E-state index is 11.8. The van der Waals surface area contributed by atoms with Crippen molar-refractivity contribution in [2.75, 3.05) is 13.1 Å². The zero-order chi connectivity index (χ0) is 14.5. The molecule has 2 amide bonds. The predicted molar refractivity (Wildman–Crippen MR) is 78.0 cm³/mol. The van der Waals surface area contributed by atoms with Crippen molar-refractivity contribution in [1.29, 1.82) is 0 Å². The quantitative estimate of drug-likeness (QED) is 0.915. The summed E-state index contributed by atoms with van der Waals surface area (Å²) in [5.74, 6) is -0.405. The average Bonchev–Trinajstić information content (AvgIpc) is 2.41. The van der Waals surface area contributed by atoms with E-state index in [9.17, 15) is 9.59 Å². The van der Waals surface area contributed by atoms with E-state index < -0.39 is 0 Å². The molecule has 1 aliphatic rings. The number of hydrogen-bond donors (Lipinski definition) is 1. The van der Waals surface area contributed by atoms with Gasteiger partial charge in [0.1, 0.15) is 0 Å². The Kier molecular flexibility index (Phi) is 4.90. The number of hydrogen-bond acceptors (Lipinski definition) is 3. The molecule has 0 aliphatic carbocycles. The number of carbonyl (C=O) groups excluding carboxylic acids is 2. The second kappa shape index (κ2) is 6.66. The Bertz CT molecular complexity index is 474. The number of rotatable bonds is 3. The van der Waals surface area contributed by atoms with Crippen LogP contribution < -0.4 is 5.32 Å². The minimum Gasteiger partial charge on any atom is -0.299 e. The molecule has 1 aliphatic heterocycles. The Morgan fingerprint density at radius 3 is 2.35 bits per heavy atom. The molecule has 1 aromatic carbocycles. The van der Waals surface area contributed by atoms with Gasteiger partial charge in [0.25, 0.3) is 0 Å². The monoisotopic (exact) mass is 274 g/mol. The highest BCUT2D eigenvalue weighted by atomic mass is 16.2. The van der Waals surface area contributed by atoms with Gasteiger partial charge in [-0.05, 0) is 38.4 Å². The lowest BCUT2D eigenvalue weighted by Crippen LogP contribution is -2.41. The van der Waals surface area contributed by atoms with Gasteiger partial charge in [-0.2, -0.15) is 0 Å². The molecule has 0 radical (unpaired) electrons. The van der Waals surface area contributed by atoms with E-state index in [0.29, 0.717) is 0 Å². The number of piperidine rings is 1. The van der Waals surface area contributed by atoms with Gasteiger partial charge in [-0.1, -0.05) is 29.8 Å². The van der Waals surface area contributed by atoms with Crippen LogP contribution in [-0.4, -0.2) is 29.8 Å². The summed E-state index contributed by atoms with van der Waals surface area (Å²) in [6, 6.07) is 8.57. The summed E-state index contributed by atoms with van der Waals surface area (Å²) in [5.41, 5.74) is 2.58. The van der Waals surface area contributed by atoms with E-state index >= 15 is 0 Å². The number of nitrogens with one attached hydrogen (secondary N) is 1. The van der Waals surface area contributed by atoms with E-state index in [-0.39, 0.29) is 17.7 Å². The van der Waals surface area contributed by atoms with Crippen molar-refractivity contribution in [2.24, 2.45) is 5.92 Å². The molecule has 1 fully saturated rings. The lowest BCUT2D eigenvalue weighted by Gasteiger charge is -2.31. The van der Waals surface area contributed by atoms with Crippen LogP contribution >= 0.6 is 0 Å². The van der Waals surface area contributed by atoms with E-state index in [1.54, 1.807) is 0 Å². The standard InChI is InChI=1S/C16H22N2O2/c1-12-3-5-14(6-4-12)11-18-9-7-15(8-10-18)16(20)17-13(2)19/h3-6,15H,7-11H2,1-2H3,(H,17,19,20). The van der Waals surface area contributed by atoms with Crippen LogP contribution in [0.3, 0.4) is 0 Å². The summed E-state index contributed by atoms with van der Waals surface area (Å²) in [7, 11) is 0. The van der Waals surface area contributed by atoms with Gasteiger partial charge >= 0.3 is 0 Å². The molecule has 0 bridgehead atoms. The molecule has 0 atom stereocenters. The third-order valence-corrected chi connectivity index (χ3v) is 3.78. The van der Waals surface area contributed by atoms with Crippen LogP contribution in [0.15, 0.2) is 24.3 Å². The summed E-state index contributed by atoms with van der Waals surface area (Å²) >= 11 is 0. The van der Waals surface area contributed by atoms with Crippen molar-refractivity contribution < 1.29 is 9.59 Å². The van der Waals surface area contributed by atoms with Gasteiger partial charge in [0, 0.05) is 19.4 Å². The Hall–Kier alpha value is -1.68. The van der Waals surface area contributed by atoms with Gasteiger partial charge in [0.2, 0.25) is 11.8 Å². The third-order valence-electron chi connectivity index (χ3n) is 3.78. The first-order valence-corrected chi connectivity index (χ1v) is 7.14. The van der Waals surface area contributed by atoms with Gasteiger partial charge in [-0.3, -0.25) is 19.8 Å². The molecule has 0 spiro atoms. The van der Waals surface area contributed by atoms with E-state index in [1.165, 1.54) is 18.1 Å². The minimum atomic E-state index is -0.267. The zero-order valence-corrected chi connectivity index (χ0v) is 12.2. The maximum absolute atomic E-state index is 11.8. The van der Waals surface area contributed by atoms with Crippen LogP contribution in [0.25, 0.3) is 0 Å². The van der Waals surface area contributed by atoms with Crippen LogP contribution in [0.2, 0.25) is 0 Å². The Balaban J connectivity index is 1.81. The number of benzene rings is 1. The molecule has 0 saturated carbocycles. The van der Waals surface area contributed by atoms with Crippen molar-refractivity contribution in [3.63, 3.8) is 0 Å². The highest BCUT2D eigenvalue weighted by Crippen LogP contribution is 2.19. The minimum absolute atomic E-state index is 0.0202. The topological polar surface area (TPSA) is 49.4 Å². The van der Waals surface area contributed by atoms with Gasteiger partial charge in [-0.15, -0.1) is 0 Å². The van der Waals surface area contributed by atoms with Crippen molar-refractivity contribution in [1.82, 2.24) is 10.2 Å². The molecule has 0 aromatic heterocycles. The highest BCUT2D eigenvalue weighted by molar-refractivity contribution is 5.95. The molecule has 1 heterocycles.